The lowest BCUT2D eigenvalue weighted by Gasteiger charge is -2.37. The van der Waals surface area contributed by atoms with Crippen molar-refractivity contribution >= 4 is 28.6 Å². The maximum absolute atomic E-state index is 13.7. The zero-order valence-electron chi connectivity index (χ0n) is 19.1. The molecule has 1 aromatic heterocycles. The van der Waals surface area contributed by atoms with E-state index in [1.54, 1.807) is 29.2 Å². The Morgan fingerprint density at radius 2 is 1.57 bits per heavy atom. The van der Waals surface area contributed by atoms with Gasteiger partial charge in [-0.1, -0.05) is 48.5 Å². The Kier molecular flexibility index (Phi) is 6.13. The maximum atomic E-state index is 13.7. The normalized spacial score (nSPS) is 15.9. The number of allylic oxidation sites excluding steroid dienone is 1. The van der Waals surface area contributed by atoms with Crippen molar-refractivity contribution in [2.24, 2.45) is 0 Å². The van der Waals surface area contributed by atoms with Crippen molar-refractivity contribution in [1.29, 1.82) is 0 Å². The third-order valence-electron chi connectivity index (χ3n) is 6.05. The minimum atomic E-state index is -0.449. The Balaban J connectivity index is 1.62. The molecule has 1 aliphatic rings. The first-order valence-corrected chi connectivity index (χ1v) is 11.6. The summed E-state index contributed by atoms with van der Waals surface area (Å²) in [5.41, 5.74) is 4.96. The Hall–Kier alpha value is -3.91. The van der Waals surface area contributed by atoms with Crippen LogP contribution in [0.5, 0.6) is 0 Å². The van der Waals surface area contributed by atoms with Crippen molar-refractivity contribution in [3.8, 4) is 11.4 Å². The summed E-state index contributed by atoms with van der Waals surface area (Å²) in [5, 5.41) is 7.95. The molecule has 0 fully saturated rings. The third-order valence-corrected chi connectivity index (χ3v) is 6.35. The molecule has 0 spiro atoms. The van der Waals surface area contributed by atoms with Crippen molar-refractivity contribution in [2.75, 3.05) is 4.90 Å². The predicted octanol–water partition coefficient (Wildman–Crippen LogP) is 6.44. The van der Waals surface area contributed by atoms with Crippen molar-refractivity contribution in [3.63, 3.8) is 0 Å². The summed E-state index contributed by atoms with van der Waals surface area (Å²) >= 11 is 5.68. The minimum Gasteiger partial charge on any atom is -0.351 e. The van der Waals surface area contributed by atoms with Crippen LogP contribution in [0.3, 0.4) is 0 Å². The SMILES string of the molecule is CCc1ccc(-c2noc(C3=C(C)N(c4ccc(F)cc4)C(=S)NC3c3ccc(F)cc3)n2)cc1. The van der Waals surface area contributed by atoms with Gasteiger partial charge in [0.05, 0.1) is 11.6 Å². The summed E-state index contributed by atoms with van der Waals surface area (Å²) in [5.74, 6) is 0.0973. The van der Waals surface area contributed by atoms with E-state index in [1.165, 1.54) is 29.8 Å². The van der Waals surface area contributed by atoms with Gasteiger partial charge in [0.1, 0.15) is 11.6 Å². The summed E-state index contributed by atoms with van der Waals surface area (Å²) in [6.07, 6.45) is 0.938. The molecule has 3 aromatic carbocycles. The van der Waals surface area contributed by atoms with E-state index in [9.17, 15) is 8.78 Å². The largest absolute Gasteiger partial charge is 0.351 e. The predicted molar refractivity (Wildman–Crippen MR) is 135 cm³/mol. The van der Waals surface area contributed by atoms with Gasteiger partial charge < -0.3 is 9.84 Å². The highest BCUT2D eigenvalue weighted by Crippen LogP contribution is 2.39. The monoisotopic (exact) mass is 488 g/mol. The third kappa shape index (κ3) is 4.44. The Morgan fingerprint density at radius 3 is 2.20 bits per heavy atom. The first kappa shape index (κ1) is 22.9. The molecule has 5 rings (SSSR count). The van der Waals surface area contributed by atoms with Gasteiger partial charge in [0.2, 0.25) is 5.82 Å². The molecule has 4 aromatic rings. The van der Waals surface area contributed by atoms with E-state index in [4.69, 9.17) is 21.7 Å². The molecule has 1 N–H and O–H groups in total. The van der Waals surface area contributed by atoms with Gasteiger partial charge in [-0.2, -0.15) is 4.98 Å². The number of hydrogen-bond acceptors (Lipinski definition) is 4. The number of anilines is 1. The minimum absolute atomic E-state index is 0.313. The lowest BCUT2D eigenvalue weighted by molar-refractivity contribution is 0.404. The summed E-state index contributed by atoms with van der Waals surface area (Å²) < 4.78 is 33.0. The van der Waals surface area contributed by atoms with Crippen molar-refractivity contribution in [2.45, 2.75) is 26.3 Å². The molecule has 2 heterocycles. The Labute approximate surface area is 207 Å². The Bertz CT molecular complexity index is 1400. The van der Waals surface area contributed by atoms with E-state index in [1.807, 2.05) is 31.2 Å². The summed E-state index contributed by atoms with van der Waals surface area (Å²) in [4.78, 5) is 6.49. The lowest BCUT2D eigenvalue weighted by atomic mass is 9.94. The molecule has 0 amide bonds. The van der Waals surface area contributed by atoms with Gasteiger partial charge >= 0.3 is 0 Å². The van der Waals surface area contributed by atoms with Gasteiger partial charge in [0.25, 0.3) is 5.89 Å². The van der Waals surface area contributed by atoms with Crippen LogP contribution in [-0.2, 0) is 6.42 Å². The second kappa shape index (κ2) is 9.38. The fourth-order valence-electron chi connectivity index (χ4n) is 4.17. The zero-order chi connectivity index (χ0) is 24.5. The number of thiocarbonyl (C=S) groups is 1. The average Bonchev–Trinajstić information content (AvgIpc) is 3.35. The smallest absolute Gasteiger partial charge is 0.258 e. The van der Waals surface area contributed by atoms with E-state index < -0.39 is 6.04 Å². The number of aromatic nitrogens is 2. The molecule has 1 atom stereocenters. The highest BCUT2D eigenvalue weighted by atomic mass is 32.1. The number of halogens is 2. The van der Waals surface area contributed by atoms with Crippen LogP contribution in [0.25, 0.3) is 17.0 Å². The molecule has 0 saturated carbocycles. The number of aryl methyl sites for hydroxylation is 1. The van der Waals surface area contributed by atoms with Crippen LogP contribution in [0.2, 0.25) is 0 Å². The molecule has 1 aliphatic heterocycles. The van der Waals surface area contributed by atoms with Crippen LogP contribution in [0.1, 0.15) is 36.9 Å². The molecular weight excluding hydrogens is 466 g/mol. The number of nitrogens with one attached hydrogen (secondary N) is 1. The summed E-state index contributed by atoms with van der Waals surface area (Å²) in [6, 6.07) is 19.8. The van der Waals surface area contributed by atoms with Crippen LogP contribution in [0, 0.1) is 11.6 Å². The number of rotatable bonds is 5. The first-order chi connectivity index (χ1) is 16.9. The fourth-order valence-corrected chi connectivity index (χ4v) is 4.53. The van der Waals surface area contributed by atoms with Gasteiger partial charge in [0.15, 0.2) is 5.11 Å². The van der Waals surface area contributed by atoms with E-state index >= 15 is 0 Å². The molecule has 176 valence electrons. The van der Waals surface area contributed by atoms with Crippen LogP contribution in [0.4, 0.5) is 14.5 Å². The standard InChI is InChI=1S/C27H22F2N4OS/c1-3-17-4-6-19(7-5-17)25-31-26(34-32-25)23-16(2)33(22-14-12-21(29)13-15-22)27(35)30-24(23)18-8-10-20(28)11-9-18/h4-15,24H,3H2,1-2H3,(H,30,35). The van der Waals surface area contributed by atoms with E-state index in [0.29, 0.717) is 28.1 Å². The number of nitrogens with zero attached hydrogens (tertiary/aromatic N) is 3. The van der Waals surface area contributed by atoms with Crippen molar-refractivity contribution in [1.82, 2.24) is 15.5 Å². The maximum Gasteiger partial charge on any atom is 0.258 e. The molecule has 5 nitrogen and oxygen atoms in total. The molecule has 0 aliphatic carbocycles. The first-order valence-electron chi connectivity index (χ1n) is 11.2. The van der Waals surface area contributed by atoms with Gasteiger partial charge in [-0.3, -0.25) is 4.90 Å². The summed E-state index contributed by atoms with van der Waals surface area (Å²) in [6.45, 7) is 3.99. The number of benzene rings is 3. The van der Waals surface area contributed by atoms with Gasteiger partial charge in [-0.25, -0.2) is 8.78 Å². The fraction of sp³-hybridized carbons (Fsp3) is 0.148. The van der Waals surface area contributed by atoms with Gasteiger partial charge in [-0.05, 0) is 73.1 Å². The van der Waals surface area contributed by atoms with E-state index in [2.05, 4.69) is 17.4 Å². The molecule has 35 heavy (non-hydrogen) atoms. The average molecular weight is 489 g/mol. The second-order valence-electron chi connectivity index (χ2n) is 8.22. The quantitative estimate of drug-likeness (QED) is 0.326. The van der Waals surface area contributed by atoms with Crippen molar-refractivity contribution < 1.29 is 13.3 Å². The van der Waals surface area contributed by atoms with Crippen LogP contribution in [-0.4, -0.2) is 15.3 Å². The van der Waals surface area contributed by atoms with Crippen molar-refractivity contribution in [3.05, 3.63) is 107 Å². The lowest BCUT2D eigenvalue weighted by Crippen LogP contribution is -2.46. The molecule has 0 bridgehead atoms. The van der Waals surface area contributed by atoms with Crippen LogP contribution < -0.4 is 10.2 Å². The van der Waals surface area contributed by atoms with Crippen LogP contribution >= 0.6 is 12.2 Å². The molecule has 1 unspecified atom stereocenters. The van der Waals surface area contributed by atoms with Gasteiger partial charge in [-0.15, -0.1) is 0 Å². The van der Waals surface area contributed by atoms with Gasteiger partial charge in [0, 0.05) is 16.9 Å². The highest BCUT2D eigenvalue weighted by Gasteiger charge is 2.34. The topological polar surface area (TPSA) is 54.2 Å². The van der Waals surface area contributed by atoms with E-state index in [-0.39, 0.29) is 11.6 Å². The number of hydrogen-bond donors (Lipinski definition) is 1. The molecule has 0 saturated heterocycles. The Morgan fingerprint density at radius 1 is 0.943 bits per heavy atom. The molecule has 8 heteroatoms. The van der Waals surface area contributed by atoms with Crippen LogP contribution in [0.15, 0.2) is 83.0 Å². The molecular formula is C27H22F2N4OS. The summed E-state index contributed by atoms with van der Waals surface area (Å²) in [7, 11) is 0. The zero-order valence-corrected chi connectivity index (χ0v) is 19.9. The highest BCUT2D eigenvalue weighted by molar-refractivity contribution is 7.80. The van der Waals surface area contributed by atoms with E-state index in [0.717, 1.165) is 23.2 Å². The molecule has 0 radical (unpaired) electrons. The second-order valence-corrected chi connectivity index (χ2v) is 8.61.